The number of nitrogens with zero attached hydrogens (tertiary/aromatic N) is 4. The second kappa shape index (κ2) is 9.54. The summed E-state index contributed by atoms with van der Waals surface area (Å²) in [4.78, 5) is 31.6. The number of H-pyrrole nitrogens is 1. The maximum Gasteiger partial charge on any atom is 0.337 e. The number of halogens is 2. The first-order valence-electron chi connectivity index (χ1n) is 9.93. The largest absolute Gasteiger partial charge is 0.465 e. The summed E-state index contributed by atoms with van der Waals surface area (Å²) in [6.07, 6.45) is 0. The lowest BCUT2D eigenvalue weighted by Crippen LogP contribution is -2.12. The predicted octanol–water partition coefficient (Wildman–Crippen LogP) is 5.15. The third-order valence-corrected chi connectivity index (χ3v) is 6.37. The van der Waals surface area contributed by atoms with Crippen molar-refractivity contribution in [2.45, 2.75) is 30.8 Å². The summed E-state index contributed by atoms with van der Waals surface area (Å²) in [7, 11) is 1.30. The van der Waals surface area contributed by atoms with E-state index >= 15 is 0 Å². The lowest BCUT2D eigenvalue weighted by molar-refractivity contribution is 0.0601. The molecule has 8 nitrogen and oxygen atoms in total. The molecule has 0 radical (unpaired) electrons. The van der Waals surface area contributed by atoms with E-state index in [9.17, 15) is 9.59 Å². The number of nitrogens with one attached hydrogen (secondary N) is 1. The van der Waals surface area contributed by atoms with Gasteiger partial charge in [0.1, 0.15) is 5.82 Å². The molecule has 33 heavy (non-hydrogen) atoms. The second-order valence-corrected chi connectivity index (χ2v) is 9.21. The molecular weight excluding hydrogens is 485 g/mol. The lowest BCUT2D eigenvalue weighted by Gasteiger charge is -2.14. The molecule has 4 aromatic rings. The number of aromatic amines is 1. The molecule has 4 rings (SSSR count). The first-order valence-corrected chi connectivity index (χ1v) is 11.7. The SMILES string of the molecule is COC(=O)c1ccc2c(=O)[nH]c(CSc3nnc(-c4ccc(Cl)cc4Cl)n3C(C)C)nc2c1. The number of hydrogen-bond donors (Lipinski definition) is 1. The molecule has 2 heterocycles. The van der Waals surface area contributed by atoms with Crippen molar-refractivity contribution in [2.75, 3.05) is 7.11 Å². The summed E-state index contributed by atoms with van der Waals surface area (Å²) >= 11 is 13.8. The molecule has 0 aliphatic heterocycles. The van der Waals surface area contributed by atoms with E-state index in [-0.39, 0.29) is 11.6 Å². The van der Waals surface area contributed by atoms with E-state index in [4.69, 9.17) is 27.9 Å². The minimum Gasteiger partial charge on any atom is -0.465 e. The van der Waals surface area contributed by atoms with Crippen LogP contribution >= 0.6 is 35.0 Å². The second-order valence-electron chi connectivity index (χ2n) is 7.42. The molecule has 0 saturated carbocycles. The fraction of sp³-hybridized carbons (Fsp3) is 0.227. The molecule has 2 aromatic carbocycles. The summed E-state index contributed by atoms with van der Waals surface area (Å²) in [5, 5.41) is 10.7. The van der Waals surface area contributed by atoms with Gasteiger partial charge in [0.25, 0.3) is 5.56 Å². The highest BCUT2D eigenvalue weighted by atomic mass is 35.5. The molecule has 0 bridgehead atoms. The Morgan fingerprint density at radius 3 is 2.67 bits per heavy atom. The highest BCUT2D eigenvalue weighted by molar-refractivity contribution is 7.98. The van der Waals surface area contributed by atoms with Crippen molar-refractivity contribution < 1.29 is 9.53 Å². The van der Waals surface area contributed by atoms with Gasteiger partial charge in [0.15, 0.2) is 11.0 Å². The number of carbonyl (C=O) groups is 1. The van der Waals surface area contributed by atoms with Crippen molar-refractivity contribution in [3.63, 3.8) is 0 Å². The topological polar surface area (TPSA) is 103 Å². The zero-order valence-corrected chi connectivity index (χ0v) is 20.3. The van der Waals surface area contributed by atoms with Crippen molar-refractivity contribution in [2.24, 2.45) is 0 Å². The first-order chi connectivity index (χ1) is 15.8. The Hall–Kier alpha value is -2.88. The lowest BCUT2D eigenvalue weighted by atomic mass is 10.1. The van der Waals surface area contributed by atoms with Gasteiger partial charge < -0.3 is 9.72 Å². The van der Waals surface area contributed by atoms with Crippen LogP contribution in [0.15, 0.2) is 46.3 Å². The van der Waals surface area contributed by atoms with Crippen LogP contribution in [0.1, 0.15) is 36.1 Å². The Bertz CT molecular complexity index is 1420. The smallest absolute Gasteiger partial charge is 0.337 e. The number of rotatable bonds is 6. The quantitative estimate of drug-likeness (QED) is 0.286. The average Bonchev–Trinajstić information content (AvgIpc) is 3.20. The van der Waals surface area contributed by atoms with Gasteiger partial charge in [-0.05, 0) is 50.2 Å². The molecule has 0 unspecified atom stereocenters. The van der Waals surface area contributed by atoms with Crippen LogP contribution in [-0.2, 0) is 10.5 Å². The third-order valence-electron chi connectivity index (χ3n) is 4.87. The van der Waals surface area contributed by atoms with Crippen molar-refractivity contribution in [3.8, 4) is 11.4 Å². The molecule has 0 atom stereocenters. The van der Waals surface area contributed by atoms with Crippen molar-refractivity contribution in [1.29, 1.82) is 0 Å². The Morgan fingerprint density at radius 2 is 1.97 bits per heavy atom. The maximum atomic E-state index is 12.5. The van der Waals surface area contributed by atoms with E-state index in [0.29, 0.717) is 49.1 Å². The molecule has 170 valence electrons. The van der Waals surface area contributed by atoms with Gasteiger partial charge >= 0.3 is 5.97 Å². The summed E-state index contributed by atoms with van der Waals surface area (Å²) in [5.41, 5.74) is 1.18. The zero-order chi connectivity index (χ0) is 23.7. The number of carbonyl (C=O) groups excluding carboxylic acids is 1. The van der Waals surface area contributed by atoms with Gasteiger partial charge in [-0.2, -0.15) is 0 Å². The highest BCUT2D eigenvalue weighted by Crippen LogP contribution is 2.34. The summed E-state index contributed by atoms with van der Waals surface area (Å²) < 4.78 is 6.72. The zero-order valence-electron chi connectivity index (χ0n) is 17.9. The van der Waals surface area contributed by atoms with E-state index in [1.54, 1.807) is 24.3 Å². The van der Waals surface area contributed by atoms with Crippen molar-refractivity contribution >= 4 is 51.8 Å². The summed E-state index contributed by atoms with van der Waals surface area (Å²) in [6, 6.07) is 9.91. The number of fused-ring (bicyclic) bond motifs is 1. The van der Waals surface area contributed by atoms with Crippen LogP contribution in [-0.4, -0.2) is 37.8 Å². The first kappa shape index (κ1) is 23.3. The number of benzene rings is 2. The van der Waals surface area contributed by atoms with Crippen LogP contribution in [0.25, 0.3) is 22.3 Å². The monoisotopic (exact) mass is 503 g/mol. The van der Waals surface area contributed by atoms with E-state index < -0.39 is 5.97 Å². The highest BCUT2D eigenvalue weighted by Gasteiger charge is 2.19. The van der Waals surface area contributed by atoms with Gasteiger partial charge in [-0.3, -0.25) is 9.36 Å². The molecule has 0 amide bonds. The molecule has 0 fully saturated rings. The van der Waals surface area contributed by atoms with Gasteiger partial charge in [0.05, 0.1) is 34.4 Å². The third kappa shape index (κ3) is 4.75. The molecule has 2 aromatic heterocycles. The van der Waals surface area contributed by atoms with Crippen molar-refractivity contribution in [1.82, 2.24) is 24.7 Å². The Morgan fingerprint density at radius 1 is 1.18 bits per heavy atom. The summed E-state index contributed by atoms with van der Waals surface area (Å²) in [6.45, 7) is 4.04. The van der Waals surface area contributed by atoms with Crippen LogP contribution in [0.4, 0.5) is 0 Å². The number of methoxy groups -OCH3 is 1. The van der Waals surface area contributed by atoms with Crippen LogP contribution < -0.4 is 5.56 Å². The van der Waals surface area contributed by atoms with Gasteiger partial charge in [0, 0.05) is 16.6 Å². The molecular formula is C22H19Cl2N5O3S. The number of aromatic nitrogens is 5. The molecule has 0 spiro atoms. The predicted molar refractivity (Wildman–Crippen MR) is 129 cm³/mol. The fourth-order valence-electron chi connectivity index (χ4n) is 3.33. The molecule has 0 saturated heterocycles. The van der Waals surface area contributed by atoms with Gasteiger partial charge in [-0.25, -0.2) is 9.78 Å². The minimum atomic E-state index is -0.492. The van der Waals surface area contributed by atoms with Gasteiger partial charge in [0.2, 0.25) is 0 Å². The average molecular weight is 504 g/mol. The molecule has 11 heteroatoms. The Balaban J connectivity index is 1.66. The van der Waals surface area contributed by atoms with E-state index in [1.165, 1.54) is 24.9 Å². The van der Waals surface area contributed by atoms with Crippen molar-refractivity contribution in [3.05, 3.63) is 68.2 Å². The normalized spacial score (nSPS) is 11.3. The summed E-state index contributed by atoms with van der Waals surface area (Å²) in [5.74, 6) is 0.918. The molecule has 1 N–H and O–H groups in total. The van der Waals surface area contributed by atoms with Crippen LogP contribution in [0, 0.1) is 0 Å². The van der Waals surface area contributed by atoms with Crippen LogP contribution in [0.2, 0.25) is 10.0 Å². The Kier molecular flexibility index (Phi) is 6.73. The fourth-order valence-corrected chi connectivity index (χ4v) is 4.76. The van der Waals surface area contributed by atoms with Gasteiger partial charge in [-0.1, -0.05) is 35.0 Å². The van der Waals surface area contributed by atoms with Gasteiger partial charge in [-0.15, -0.1) is 10.2 Å². The number of esters is 1. The van der Waals surface area contributed by atoms with Crippen LogP contribution in [0.5, 0.6) is 0 Å². The van der Waals surface area contributed by atoms with E-state index in [2.05, 4.69) is 20.2 Å². The molecule has 0 aliphatic carbocycles. The standard InChI is InChI=1S/C22H19Cl2N5O3S/c1-11(2)29-19(14-7-5-13(23)9-16(14)24)27-28-22(29)33-10-18-25-17-8-12(21(31)32-3)4-6-15(17)20(30)26-18/h4-9,11H,10H2,1-3H3,(H,25,26,30). The van der Waals surface area contributed by atoms with E-state index in [1.807, 2.05) is 24.5 Å². The number of ether oxygens (including phenoxy) is 1. The number of hydrogen-bond acceptors (Lipinski definition) is 7. The maximum absolute atomic E-state index is 12.5. The number of thioether (sulfide) groups is 1. The van der Waals surface area contributed by atoms with E-state index in [0.717, 1.165) is 5.56 Å². The minimum absolute atomic E-state index is 0.0514. The molecule has 0 aliphatic rings. The van der Waals surface area contributed by atoms with Crippen LogP contribution in [0.3, 0.4) is 0 Å². The Labute approximate surface area is 203 Å².